The minimum atomic E-state index is -0.467. The molecule has 0 amide bonds. The Morgan fingerprint density at radius 2 is 2.07 bits per heavy atom. The number of carbonyl (C=O) groups is 2. The van der Waals surface area contributed by atoms with E-state index >= 15 is 0 Å². The van der Waals surface area contributed by atoms with Crippen LogP contribution < -0.4 is 0 Å². The lowest BCUT2D eigenvalue weighted by Crippen LogP contribution is -2.06. The molecular formula is C10H8Br2O3. The predicted octanol–water partition coefficient (Wildman–Crippen LogP) is 2.81. The Morgan fingerprint density at radius 1 is 1.40 bits per heavy atom. The van der Waals surface area contributed by atoms with Gasteiger partial charge < -0.3 is 4.74 Å². The standard InChI is InChI=1S/C10H8Br2O3/c1-15-10(14)7-4-6(9(13)5-11)2-3-8(7)12/h2-4H,5H2,1H3. The van der Waals surface area contributed by atoms with Crippen molar-refractivity contribution in [2.45, 2.75) is 0 Å². The average Bonchev–Trinajstić information content (AvgIpc) is 2.27. The zero-order valence-corrected chi connectivity index (χ0v) is 11.1. The first-order chi connectivity index (χ1) is 7.10. The first-order valence-corrected chi connectivity index (χ1v) is 5.98. The van der Waals surface area contributed by atoms with Gasteiger partial charge in [0.2, 0.25) is 0 Å². The molecule has 0 spiro atoms. The summed E-state index contributed by atoms with van der Waals surface area (Å²) < 4.78 is 5.21. The summed E-state index contributed by atoms with van der Waals surface area (Å²) in [5, 5.41) is 0.231. The van der Waals surface area contributed by atoms with E-state index in [0.717, 1.165) is 0 Å². The summed E-state index contributed by atoms with van der Waals surface area (Å²) in [6.45, 7) is 0. The molecule has 0 radical (unpaired) electrons. The molecule has 0 saturated heterocycles. The number of methoxy groups -OCH3 is 1. The van der Waals surface area contributed by atoms with Crippen LogP contribution in [0.2, 0.25) is 0 Å². The highest BCUT2D eigenvalue weighted by molar-refractivity contribution is 9.10. The van der Waals surface area contributed by atoms with Crippen molar-refractivity contribution in [1.29, 1.82) is 0 Å². The maximum Gasteiger partial charge on any atom is 0.339 e. The van der Waals surface area contributed by atoms with Crippen LogP contribution in [0.25, 0.3) is 0 Å². The van der Waals surface area contributed by atoms with Crippen molar-refractivity contribution < 1.29 is 14.3 Å². The summed E-state index contributed by atoms with van der Waals surface area (Å²) in [7, 11) is 1.30. The minimum absolute atomic E-state index is 0.0762. The van der Waals surface area contributed by atoms with Crippen molar-refractivity contribution in [3.63, 3.8) is 0 Å². The second kappa shape index (κ2) is 5.42. The smallest absolute Gasteiger partial charge is 0.339 e. The molecule has 0 fully saturated rings. The van der Waals surface area contributed by atoms with E-state index in [1.165, 1.54) is 13.2 Å². The van der Waals surface area contributed by atoms with E-state index in [0.29, 0.717) is 15.6 Å². The van der Waals surface area contributed by atoms with Crippen LogP contribution >= 0.6 is 31.9 Å². The molecule has 0 aliphatic rings. The minimum Gasteiger partial charge on any atom is -0.465 e. The maximum atomic E-state index is 11.4. The maximum absolute atomic E-state index is 11.4. The van der Waals surface area contributed by atoms with Crippen LogP contribution in [0, 0.1) is 0 Å². The van der Waals surface area contributed by atoms with Gasteiger partial charge in [-0.3, -0.25) is 4.79 Å². The molecule has 0 heterocycles. The molecule has 1 aromatic carbocycles. The van der Waals surface area contributed by atoms with Crippen LogP contribution in [0.1, 0.15) is 20.7 Å². The van der Waals surface area contributed by atoms with Gasteiger partial charge in [-0.25, -0.2) is 4.79 Å². The molecule has 0 N–H and O–H groups in total. The first-order valence-electron chi connectivity index (χ1n) is 4.07. The van der Waals surface area contributed by atoms with Crippen LogP contribution in [-0.4, -0.2) is 24.2 Å². The lowest BCUT2D eigenvalue weighted by molar-refractivity contribution is 0.0599. The number of hydrogen-bond donors (Lipinski definition) is 0. The van der Waals surface area contributed by atoms with Crippen molar-refractivity contribution in [2.24, 2.45) is 0 Å². The summed E-state index contributed by atoms with van der Waals surface area (Å²) in [5.74, 6) is -0.543. The fourth-order valence-electron chi connectivity index (χ4n) is 1.04. The van der Waals surface area contributed by atoms with Gasteiger partial charge in [0, 0.05) is 10.0 Å². The molecule has 0 aliphatic carbocycles. The highest BCUT2D eigenvalue weighted by Gasteiger charge is 2.13. The molecule has 0 saturated carbocycles. The zero-order valence-electron chi connectivity index (χ0n) is 7.92. The third-order valence-corrected chi connectivity index (χ3v) is 3.02. The number of hydrogen-bond acceptors (Lipinski definition) is 3. The molecule has 5 heteroatoms. The monoisotopic (exact) mass is 334 g/mol. The van der Waals surface area contributed by atoms with Crippen LogP contribution in [0.3, 0.4) is 0 Å². The second-order valence-corrected chi connectivity index (χ2v) is 4.16. The van der Waals surface area contributed by atoms with E-state index in [2.05, 4.69) is 36.6 Å². The summed E-state index contributed by atoms with van der Waals surface area (Å²) in [6.07, 6.45) is 0. The molecule has 1 aromatic rings. The first kappa shape index (κ1) is 12.4. The zero-order chi connectivity index (χ0) is 11.4. The van der Waals surface area contributed by atoms with Crippen molar-refractivity contribution in [3.8, 4) is 0 Å². The van der Waals surface area contributed by atoms with Crippen LogP contribution in [0.15, 0.2) is 22.7 Å². The third-order valence-electron chi connectivity index (χ3n) is 1.82. The van der Waals surface area contributed by atoms with Gasteiger partial charge >= 0.3 is 5.97 Å². The highest BCUT2D eigenvalue weighted by Crippen LogP contribution is 2.19. The van der Waals surface area contributed by atoms with E-state index in [-0.39, 0.29) is 11.1 Å². The van der Waals surface area contributed by atoms with Crippen LogP contribution in [0.5, 0.6) is 0 Å². The van der Waals surface area contributed by atoms with Gasteiger partial charge in [-0.1, -0.05) is 22.0 Å². The molecule has 0 bridgehead atoms. The number of ketones is 1. The van der Waals surface area contributed by atoms with E-state index in [4.69, 9.17) is 0 Å². The largest absolute Gasteiger partial charge is 0.465 e. The van der Waals surface area contributed by atoms with Crippen molar-refractivity contribution in [2.75, 3.05) is 12.4 Å². The van der Waals surface area contributed by atoms with Gasteiger partial charge in [0.1, 0.15) is 0 Å². The summed E-state index contributed by atoms with van der Waals surface area (Å²) in [5.41, 5.74) is 0.833. The normalized spacial score (nSPS) is 9.80. The Balaban J connectivity index is 3.16. The van der Waals surface area contributed by atoms with Gasteiger partial charge in [0.15, 0.2) is 5.78 Å². The van der Waals surface area contributed by atoms with E-state index < -0.39 is 5.97 Å². The number of halogens is 2. The second-order valence-electron chi connectivity index (χ2n) is 2.74. The number of carbonyl (C=O) groups excluding carboxylic acids is 2. The highest BCUT2D eigenvalue weighted by atomic mass is 79.9. The molecule has 3 nitrogen and oxygen atoms in total. The van der Waals surface area contributed by atoms with Gasteiger partial charge in [-0.2, -0.15) is 0 Å². The van der Waals surface area contributed by atoms with Gasteiger partial charge in [-0.15, -0.1) is 0 Å². The number of esters is 1. The van der Waals surface area contributed by atoms with Crippen LogP contribution in [-0.2, 0) is 4.74 Å². The third kappa shape index (κ3) is 2.89. The van der Waals surface area contributed by atoms with E-state index in [1.807, 2.05) is 0 Å². The fraction of sp³-hybridized carbons (Fsp3) is 0.200. The Labute approximate surface area is 104 Å². The molecule has 0 aliphatic heterocycles. The number of ether oxygens (including phenoxy) is 1. The Bertz CT molecular complexity index is 402. The molecule has 15 heavy (non-hydrogen) atoms. The van der Waals surface area contributed by atoms with Gasteiger partial charge in [0.05, 0.1) is 18.0 Å². The topological polar surface area (TPSA) is 43.4 Å². The summed E-state index contributed by atoms with van der Waals surface area (Å²) in [6, 6.07) is 4.82. The lowest BCUT2D eigenvalue weighted by Gasteiger charge is -2.04. The molecule has 0 aromatic heterocycles. The van der Waals surface area contributed by atoms with Crippen molar-refractivity contribution in [1.82, 2.24) is 0 Å². The van der Waals surface area contributed by atoms with E-state index in [9.17, 15) is 9.59 Å². The number of Topliss-reactive ketones (excluding diaryl/α,β-unsaturated/α-hetero) is 1. The fourth-order valence-corrected chi connectivity index (χ4v) is 1.77. The molecule has 80 valence electrons. The Kier molecular flexibility index (Phi) is 4.47. The van der Waals surface area contributed by atoms with Gasteiger partial charge in [-0.05, 0) is 28.1 Å². The van der Waals surface area contributed by atoms with Crippen molar-refractivity contribution in [3.05, 3.63) is 33.8 Å². The van der Waals surface area contributed by atoms with Crippen molar-refractivity contribution >= 4 is 43.6 Å². The van der Waals surface area contributed by atoms with E-state index in [1.54, 1.807) is 12.1 Å². The Morgan fingerprint density at radius 3 is 2.60 bits per heavy atom. The lowest BCUT2D eigenvalue weighted by atomic mass is 10.1. The average molecular weight is 336 g/mol. The molecule has 0 unspecified atom stereocenters. The quantitative estimate of drug-likeness (QED) is 0.484. The SMILES string of the molecule is COC(=O)c1cc(C(=O)CBr)ccc1Br. The van der Waals surface area contributed by atoms with Gasteiger partial charge in [0.25, 0.3) is 0 Å². The summed E-state index contributed by atoms with van der Waals surface area (Å²) >= 11 is 6.29. The Hall–Kier alpha value is -0.680. The number of rotatable bonds is 3. The number of benzene rings is 1. The summed E-state index contributed by atoms with van der Waals surface area (Å²) in [4.78, 5) is 22.7. The predicted molar refractivity (Wildman–Crippen MR) is 63.6 cm³/mol. The molecule has 0 atom stereocenters. The van der Waals surface area contributed by atoms with Crippen LogP contribution in [0.4, 0.5) is 0 Å². The molecule has 1 rings (SSSR count). The molecular weight excluding hydrogens is 328 g/mol. The number of alkyl halides is 1.